The monoisotopic (exact) mass is 441 g/mol. The van der Waals surface area contributed by atoms with Gasteiger partial charge < -0.3 is 20.7 Å². The van der Waals surface area contributed by atoms with Crippen molar-refractivity contribution in [2.45, 2.75) is 12.4 Å². The average molecular weight is 443 g/mol. The Bertz CT molecular complexity index is 769. The number of aromatic hydroxyl groups is 1. The lowest BCUT2D eigenvalue weighted by molar-refractivity contribution is -0.274. The first-order valence-corrected chi connectivity index (χ1v) is 7.25. The zero-order valence-corrected chi connectivity index (χ0v) is 14.7. The number of nitrogens with two attached hydrogens (primary N) is 1. The Labute approximate surface area is 154 Å². The number of phenolic OH excluding ortho intramolecular Hbond substituents is 1. The minimum atomic E-state index is -4.80. The number of carboxylic acid groups (broad SMARTS) is 1. The second-order valence-corrected chi connectivity index (χ2v) is 5.65. The molecule has 0 aliphatic carbocycles. The Balaban J connectivity index is 0.00000312. The average Bonchev–Trinajstić information content (AvgIpc) is 2.48. The number of benzene rings is 2. The molecule has 2 aromatic carbocycles. The van der Waals surface area contributed by atoms with Crippen molar-refractivity contribution in [2.75, 3.05) is 0 Å². The zero-order chi connectivity index (χ0) is 18.1. The summed E-state index contributed by atoms with van der Waals surface area (Å²) < 4.78 is 40.3. The van der Waals surface area contributed by atoms with Crippen LogP contribution in [0.15, 0.2) is 40.9 Å². The van der Waals surface area contributed by atoms with Crippen LogP contribution in [0, 0.1) is 0 Å². The van der Waals surface area contributed by atoms with Gasteiger partial charge in [0.15, 0.2) is 0 Å². The van der Waals surface area contributed by atoms with Crippen molar-refractivity contribution in [3.05, 3.63) is 57.6 Å². The third-order valence-corrected chi connectivity index (χ3v) is 3.75. The number of rotatable bonds is 4. The van der Waals surface area contributed by atoms with Crippen LogP contribution in [0.4, 0.5) is 13.2 Å². The number of ether oxygens (including phenoxy) is 1. The minimum absolute atomic E-state index is 0. The van der Waals surface area contributed by atoms with Gasteiger partial charge in [-0.05, 0) is 45.8 Å². The van der Waals surface area contributed by atoms with Crippen LogP contribution in [0.1, 0.15) is 27.5 Å². The summed E-state index contributed by atoms with van der Waals surface area (Å²) in [6.45, 7) is 0. The maximum absolute atomic E-state index is 12.1. The van der Waals surface area contributed by atoms with Crippen LogP contribution >= 0.6 is 28.3 Å². The predicted molar refractivity (Wildman–Crippen MR) is 89.2 cm³/mol. The predicted octanol–water partition coefficient (Wildman–Crippen LogP) is 4.22. The Hall–Kier alpha value is -1.97. The topological polar surface area (TPSA) is 92.8 Å². The van der Waals surface area contributed by atoms with Gasteiger partial charge in [0.25, 0.3) is 0 Å². The highest BCUT2D eigenvalue weighted by Crippen LogP contribution is 2.35. The fourth-order valence-electron chi connectivity index (χ4n) is 2.04. The first-order valence-electron chi connectivity index (χ1n) is 6.45. The Morgan fingerprint density at radius 2 is 1.76 bits per heavy atom. The molecule has 1 atom stereocenters. The van der Waals surface area contributed by atoms with Crippen LogP contribution in [-0.4, -0.2) is 22.5 Å². The third-order valence-electron chi connectivity index (χ3n) is 3.15. The first kappa shape index (κ1) is 21.1. The van der Waals surface area contributed by atoms with Gasteiger partial charge in [-0.15, -0.1) is 25.6 Å². The Morgan fingerprint density at radius 1 is 1.20 bits per heavy atom. The molecule has 10 heteroatoms. The van der Waals surface area contributed by atoms with E-state index in [-0.39, 0.29) is 33.8 Å². The van der Waals surface area contributed by atoms with E-state index >= 15 is 0 Å². The standard InChI is InChI=1S/C15H11BrF3NO4.ClH/c16-11-6-8(14(22)23)5-10(13(11)21)12(20)7-1-3-9(4-2-7)24-15(17,18)19;/h1-6,12,21H,20H2,(H,22,23);1H/t12-;/m1./s1. The molecule has 0 heterocycles. The number of hydrogen-bond donors (Lipinski definition) is 3. The van der Waals surface area contributed by atoms with Gasteiger partial charge in [0, 0.05) is 5.56 Å². The summed E-state index contributed by atoms with van der Waals surface area (Å²) in [6, 6.07) is 6.23. The molecule has 0 aliphatic heterocycles. The van der Waals surface area contributed by atoms with Crippen LogP contribution in [0.25, 0.3) is 0 Å². The van der Waals surface area contributed by atoms with Crippen molar-refractivity contribution in [2.24, 2.45) is 5.73 Å². The second kappa shape index (κ2) is 7.94. The summed E-state index contributed by atoms with van der Waals surface area (Å²) in [6.07, 6.45) is -4.80. The highest BCUT2D eigenvalue weighted by molar-refractivity contribution is 9.10. The molecule has 0 spiro atoms. The van der Waals surface area contributed by atoms with E-state index in [9.17, 15) is 23.1 Å². The molecule has 0 unspecified atom stereocenters. The van der Waals surface area contributed by atoms with Crippen LogP contribution in [-0.2, 0) is 0 Å². The van der Waals surface area contributed by atoms with Gasteiger partial charge in [0.05, 0.1) is 16.1 Å². The molecule has 0 saturated carbocycles. The largest absolute Gasteiger partial charge is 0.573 e. The van der Waals surface area contributed by atoms with Gasteiger partial charge >= 0.3 is 12.3 Å². The smallest absolute Gasteiger partial charge is 0.506 e. The summed E-state index contributed by atoms with van der Waals surface area (Å²) in [7, 11) is 0. The summed E-state index contributed by atoms with van der Waals surface area (Å²) in [5, 5.41) is 19.1. The second-order valence-electron chi connectivity index (χ2n) is 4.80. The lowest BCUT2D eigenvalue weighted by Crippen LogP contribution is -2.17. The third kappa shape index (κ3) is 5.25. The van der Waals surface area contributed by atoms with Gasteiger partial charge in [-0.3, -0.25) is 0 Å². The van der Waals surface area contributed by atoms with Crippen LogP contribution in [0.2, 0.25) is 0 Å². The van der Waals surface area contributed by atoms with Crippen molar-refractivity contribution in [1.29, 1.82) is 0 Å². The van der Waals surface area contributed by atoms with Crippen molar-refractivity contribution in [3.63, 3.8) is 0 Å². The van der Waals surface area contributed by atoms with E-state index in [0.717, 1.165) is 12.1 Å². The van der Waals surface area contributed by atoms with Crippen LogP contribution < -0.4 is 10.5 Å². The molecule has 25 heavy (non-hydrogen) atoms. The number of aromatic carboxylic acids is 1. The van der Waals surface area contributed by atoms with Crippen LogP contribution in [0.3, 0.4) is 0 Å². The van der Waals surface area contributed by atoms with E-state index in [2.05, 4.69) is 20.7 Å². The van der Waals surface area contributed by atoms with Crippen molar-refractivity contribution >= 4 is 34.3 Å². The first-order chi connectivity index (χ1) is 11.1. The van der Waals surface area contributed by atoms with Gasteiger partial charge in [0.2, 0.25) is 0 Å². The number of phenols is 1. The maximum atomic E-state index is 12.1. The lowest BCUT2D eigenvalue weighted by Gasteiger charge is -2.17. The number of carbonyl (C=O) groups is 1. The van der Waals surface area contributed by atoms with E-state index in [1.807, 2.05) is 0 Å². The molecule has 0 radical (unpaired) electrons. The summed E-state index contributed by atoms with van der Waals surface area (Å²) in [5.74, 6) is -1.87. The van der Waals surface area contributed by atoms with Crippen molar-refractivity contribution < 1.29 is 32.9 Å². The Kier molecular flexibility index (Phi) is 6.69. The van der Waals surface area contributed by atoms with Gasteiger partial charge in [0.1, 0.15) is 11.5 Å². The molecular formula is C15H12BrClF3NO4. The Morgan fingerprint density at radius 3 is 2.24 bits per heavy atom. The van der Waals surface area contributed by atoms with Crippen molar-refractivity contribution in [3.8, 4) is 11.5 Å². The summed E-state index contributed by atoms with van der Waals surface area (Å²) >= 11 is 3.04. The molecule has 4 N–H and O–H groups in total. The van der Waals surface area contributed by atoms with E-state index in [1.54, 1.807) is 0 Å². The number of carboxylic acids is 1. The minimum Gasteiger partial charge on any atom is -0.506 e. The normalized spacial score (nSPS) is 12.2. The van der Waals surface area contributed by atoms with Crippen LogP contribution in [0.5, 0.6) is 11.5 Å². The molecule has 0 amide bonds. The quantitative estimate of drug-likeness (QED) is 0.659. The van der Waals surface area contributed by atoms with Gasteiger partial charge in [-0.2, -0.15) is 0 Å². The molecule has 0 saturated heterocycles. The highest BCUT2D eigenvalue weighted by atomic mass is 79.9. The molecule has 0 aromatic heterocycles. The van der Waals surface area contributed by atoms with E-state index in [4.69, 9.17) is 10.8 Å². The molecule has 0 bridgehead atoms. The number of halogens is 5. The SMILES string of the molecule is Cl.N[C@H](c1ccc(OC(F)(F)F)cc1)c1cc(C(=O)O)cc(Br)c1O. The van der Waals surface area contributed by atoms with E-state index in [0.29, 0.717) is 5.56 Å². The highest BCUT2D eigenvalue weighted by Gasteiger charge is 2.31. The molecular weight excluding hydrogens is 431 g/mol. The molecule has 2 rings (SSSR count). The fourth-order valence-corrected chi connectivity index (χ4v) is 2.51. The molecule has 0 aliphatic rings. The van der Waals surface area contributed by atoms with E-state index < -0.39 is 24.1 Å². The maximum Gasteiger partial charge on any atom is 0.573 e. The number of hydrogen-bond acceptors (Lipinski definition) is 4. The number of alkyl halides is 3. The van der Waals surface area contributed by atoms with Crippen molar-refractivity contribution in [1.82, 2.24) is 0 Å². The van der Waals surface area contributed by atoms with Gasteiger partial charge in [-0.1, -0.05) is 12.1 Å². The molecule has 5 nitrogen and oxygen atoms in total. The molecule has 136 valence electrons. The zero-order valence-electron chi connectivity index (χ0n) is 12.2. The summed E-state index contributed by atoms with van der Waals surface area (Å²) in [4.78, 5) is 11.1. The summed E-state index contributed by atoms with van der Waals surface area (Å²) in [5.41, 5.74) is 6.39. The van der Waals surface area contributed by atoms with E-state index in [1.165, 1.54) is 24.3 Å². The fraction of sp³-hybridized carbons (Fsp3) is 0.133. The molecule has 2 aromatic rings. The lowest BCUT2D eigenvalue weighted by atomic mass is 9.97. The molecule has 0 fully saturated rings. The van der Waals surface area contributed by atoms with Gasteiger partial charge in [-0.25, -0.2) is 4.79 Å².